The Balaban J connectivity index is 2.65. The SMILES string of the molecule is Oc1cc(F)c(C2(O)CC2)c(F)c1Cl. The molecule has 0 aromatic heterocycles. The summed E-state index contributed by atoms with van der Waals surface area (Å²) in [5.74, 6) is -2.71. The van der Waals surface area contributed by atoms with Gasteiger partial charge >= 0.3 is 0 Å². The van der Waals surface area contributed by atoms with Crippen molar-refractivity contribution >= 4 is 11.6 Å². The van der Waals surface area contributed by atoms with Crippen LogP contribution >= 0.6 is 11.6 Å². The summed E-state index contributed by atoms with van der Waals surface area (Å²) in [5, 5.41) is 18.0. The largest absolute Gasteiger partial charge is 0.506 e. The second kappa shape index (κ2) is 2.81. The maximum Gasteiger partial charge on any atom is 0.154 e. The second-order valence-electron chi connectivity index (χ2n) is 3.41. The van der Waals surface area contributed by atoms with Crippen molar-refractivity contribution in [3.05, 3.63) is 28.3 Å². The molecule has 1 aliphatic rings. The van der Waals surface area contributed by atoms with Crippen LogP contribution in [0.4, 0.5) is 8.78 Å². The Kier molecular flexibility index (Phi) is 1.94. The van der Waals surface area contributed by atoms with Gasteiger partial charge in [-0.3, -0.25) is 0 Å². The average Bonchev–Trinajstić information content (AvgIpc) is 2.80. The molecule has 0 aliphatic heterocycles. The minimum atomic E-state index is -1.44. The Morgan fingerprint density at radius 3 is 2.43 bits per heavy atom. The van der Waals surface area contributed by atoms with E-state index < -0.39 is 33.6 Å². The van der Waals surface area contributed by atoms with Gasteiger partial charge < -0.3 is 10.2 Å². The fourth-order valence-electron chi connectivity index (χ4n) is 1.38. The number of benzene rings is 1. The van der Waals surface area contributed by atoms with Crippen LogP contribution in [0.5, 0.6) is 5.75 Å². The van der Waals surface area contributed by atoms with Gasteiger partial charge in [-0.15, -0.1) is 0 Å². The molecule has 0 amide bonds. The number of phenols is 1. The van der Waals surface area contributed by atoms with Crippen LogP contribution in [0.1, 0.15) is 18.4 Å². The highest BCUT2D eigenvalue weighted by molar-refractivity contribution is 6.32. The minimum Gasteiger partial charge on any atom is -0.506 e. The molecule has 5 heteroatoms. The van der Waals surface area contributed by atoms with Gasteiger partial charge in [0.1, 0.15) is 16.6 Å². The molecule has 14 heavy (non-hydrogen) atoms. The standard InChI is InChI=1S/C9H7ClF2O2/c10-7-5(13)3-4(11)6(8(7)12)9(14)1-2-9/h3,13-14H,1-2H2. The number of hydrogen-bond acceptors (Lipinski definition) is 2. The number of phenolic OH excluding ortho intramolecular Hbond substituents is 1. The summed E-state index contributed by atoms with van der Waals surface area (Å²) in [6.07, 6.45) is 0.615. The van der Waals surface area contributed by atoms with E-state index in [4.69, 9.17) is 16.7 Å². The number of aliphatic hydroxyl groups is 1. The lowest BCUT2D eigenvalue weighted by molar-refractivity contribution is 0.141. The Labute approximate surface area is 83.7 Å². The molecule has 1 aliphatic carbocycles. The highest BCUT2D eigenvalue weighted by Gasteiger charge is 2.47. The Bertz CT molecular complexity index is 402. The molecular weight excluding hydrogens is 214 g/mol. The first-order valence-electron chi connectivity index (χ1n) is 4.05. The normalized spacial score (nSPS) is 18.3. The van der Waals surface area contributed by atoms with Crippen LogP contribution in [0.25, 0.3) is 0 Å². The van der Waals surface area contributed by atoms with Crippen molar-refractivity contribution in [3.8, 4) is 5.75 Å². The summed E-state index contributed by atoms with van der Waals surface area (Å²) >= 11 is 5.39. The molecule has 0 unspecified atom stereocenters. The lowest BCUT2D eigenvalue weighted by Crippen LogP contribution is -2.10. The van der Waals surface area contributed by atoms with Gasteiger partial charge in [-0.1, -0.05) is 11.6 Å². The summed E-state index contributed by atoms with van der Waals surface area (Å²) in [7, 11) is 0. The molecule has 1 aromatic rings. The number of aromatic hydroxyl groups is 1. The topological polar surface area (TPSA) is 40.5 Å². The zero-order valence-electron chi connectivity index (χ0n) is 7.02. The summed E-state index contributed by atoms with van der Waals surface area (Å²) in [6.45, 7) is 0. The third-order valence-corrected chi connectivity index (χ3v) is 2.69. The van der Waals surface area contributed by atoms with Crippen molar-refractivity contribution in [1.82, 2.24) is 0 Å². The highest BCUT2D eigenvalue weighted by atomic mass is 35.5. The van der Waals surface area contributed by atoms with E-state index in [2.05, 4.69) is 0 Å². The Morgan fingerprint density at radius 2 is 1.93 bits per heavy atom. The van der Waals surface area contributed by atoms with Crippen molar-refractivity contribution < 1.29 is 19.0 Å². The maximum atomic E-state index is 13.4. The third-order valence-electron chi connectivity index (χ3n) is 2.33. The predicted octanol–water partition coefficient (Wildman–Crippen LogP) is 2.31. The first-order chi connectivity index (χ1) is 6.46. The van der Waals surface area contributed by atoms with Crippen molar-refractivity contribution in [1.29, 1.82) is 0 Å². The van der Waals surface area contributed by atoms with E-state index in [0.717, 1.165) is 0 Å². The quantitative estimate of drug-likeness (QED) is 0.713. The fraction of sp³-hybridized carbons (Fsp3) is 0.333. The zero-order chi connectivity index (χ0) is 10.5. The molecule has 1 aromatic carbocycles. The van der Waals surface area contributed by atoms with E-state index >= 15 is 0 Å². The van der Waals surface area contributed by atoms with Crippen LogP contribution in [0, 0.1) is 11.6 Å². The average molecular weight is 221 g/mol. The summed E-state index contributed by atoms with van der Waals surface area (Å²) in [4.78, 5) is 0. The molecule has 0 heterocycles. The van der Waals surface area contributed by atoms with Gasteiger partial charge in [-0.2, -0.15) is 0 Å². The van der Waals surface area contributed by atoms with Gasteiger partial charge in [0.05, 0.1) is 11.2 Å². The second-order valence-corrected chi connectivity index (χ2v) is 3.79. The molecule has 1 saturated carbocycles. The summed E-state index contributed by atoms with van der Waals surface area (Å²) in [6, 6.07) is 0.705. The third kappa shape index (κ3) is 1.26. The maximum absolute atomic E-state index is 13.4. The monoisotopic (exact) mass is 220 g/mol. The number of hydrogen-bond donors (Lipinski definition) is 2. The molecule has 0 spiro atoms. The molecule has 76 valence electrons. The van der Waals surface area contributed by atoms with Gasteiger partial charge in [0, 0.05) is 6.07 Å². The van der Waals surface area contributed by atoms with Crippen LogP contribution in [0.15, 0.2) is 6.07 Å². The molecular formula is C9H7ClF2O2. The predicted molar refractivity (Wildman–Crippen MR) is 46.2 cm³/mol. The van der Waals surface area contributed by atoms with Gasteiger partial charge in [0.15, 0.2) is 5.82 Å². The molecule has 2 nitrogen and oxygen atoms in total. The van der Waals surface area contributed by atoms with Gasteiger partial charge in [0.2, 0.25) is 0 Å². The molecule has 2 rings (SSSR count). The fourth-order valence-corrected chi connectivity index (χ4v) is 1.53. The molecule has 0 radical (unpaired) electrons. The van der Waals surface area contributed by atoms with Crippen LogP contribution < -0.4 is 0 Å². The van der Waals surface area contributed by atoms with E-state index in [0.29, 0.717) is 18.9 Å². The van der Waals surface area contributed by atoms with Crippen molar-refractivity contribution in [2.45, 2.75) is 18.4 Å². The lowest BCUT2D eigenvalue weighted by Gasteiger charge is -2.12. The van der Waals surface area contributed by atoms with E-state index in [1.54, 1.807) is 0 Å². The molecule has 0 bridgehead atoms. The van der Waals surface area contributed by atoms with Gasteiger partial charge in [0.25, 0.3) is 0 Å². The van der Waals surface area contributed by atoms with E-state index in [-0.39, 0.29) is 0 Å². The lowest BCUT2D eigenvalue weighted by atomic mass is 10.1. The van der Waals surface area contributed by atoms with Crippen LogP contribution in [-0.2, 0) is 5.60 Å². The Morgan fingerprint density at radius 1 is 1.36 bits per heavy atom. The first kappa shape index (κ1) is 9.68. The molecule has 1 fully saturated rings. The summed E-state index contributed by atoms with van der Waals surface area (Å²) in [5.41, 5.74) is -1.88. The number of halogens is 3. The van der Waals surface area contributed by atoms with Crippen molar-refractivity contribution in [2.75, 3.05) is 0 Å². The van der Waals surface area contributed by atoms with Crippen LogP contribution in [-0.4, -0.2) is 10.2 Å². The first-order valence-corrected chi connectivity index (χ1v) is 4.43. The summed E-state index contributed by atoms with van der Waals surface area (Å²) < 4.78 is 26.6. The minimum absolute atomic E-state index is 0.307. The number of rotatable bonds is 1. The molecule has 2 N–H and O–H groups in total. The molecule has 0 atom stereocenters. The van der Waals surface area contributed by atoms with Gasteiger partial charge in [-0.25, -0.2) is 8.78 Å². The van der Waals surface area contributed by atoms with Crippen molar-refractivity contribution in [2.24, 2.45) is 0 Å². The van der Waals surface area contributed by atoms with E-state index in [1.165, 1.54) is 0 Å². The van der Waals surface area contributed by atoms with E-state index in [9.17, 15) is 13.9 Å². The van der Waals surface area contributed by atoms with E-state index in [1.807, 2.05) is 0 Å². The van der Waals surface area contributed by atoms with Crippen LogP contribution in [0.3, 0.4) is 0 Å². The van der Waals surface area contributed by atoms with Crippen molar-refractivity contribution in [3.63, 3.8) is 0 Å². The zero-order valence-corrected chi connectivity index (χ0v) is 7.78. The van der Waals surface area contributed by atoms with Crippen LogP contribution in [0.2, 0.25) is 5.02 Å². The van der Waals surface area contributed by atoms with Gasteiger partial charge in [-0.05, 0) is 12.8 Å². The molecule has 0 saturated heterocycles. The highest BCUT2D eigenvalue weighted by Crippen LogP contribution is 2.49. The Hall–Kier alpha value is -0.870. The smallest absolute Gasteiger partial charge is 0.154 e.